The predicted molar refractivity (Wildman–Crippen MR) is 78.1 cm³/mol. The maximum Gasteiger partial charge on any atom is 0.240 e. The second kappa shape index (κ2) is 5.71. The van der Waals surface area contributed by atoms with E-state index in [-0.39, 0.29) is 0 Å². The summed E-state index contributed by atoms with van der Waals surface area (Å²) in [6, 6.07) is 12.3. The molecule has 21 heavy (non-hydrogen) atoms. The SMILES string of the molecule is N#Cc1ccc(Oc2ccc(N)c(OCC3CC3)n2)cc1. The number of nitriles is 1. The zero-order valence-electron chi connectivity index (χ0n) is 11.5. The minimum absolute atomic E-state index is 0.410. The second-order valence-corrected chi connectivity index (χ2v) is 5.04. The number of nitrogens with two attached hydrogens (primary N) is 1. The van der Waals surface area contributed by atoms with Crippen LogP contribution in [0.3, 0.4) is 0 Å². The third-order valence-electron chi connectivity index (χ3n) is 3.22. The van der Waals surface area contributed by atoms with Crippen molar-refractivity contribution in [2.24, 2.45) is 5.92 Å². The standard InChI is InChI=1S/C16H15N3O2/c17-9-11-3-5-13(6-4-11)21-15-8-7-14(18)16(19-15)20-10-12-1-2-12/h3-8,12H,1-2,10,18H2. The van der Waals surface area contributed by atoms with Crippen molar-refractivity contribution in [3.05, 3.63) is 42.0 Å². The van der Waals surface area contributed by atoms with Gasteiger partial charge < -0.3 is 15.2 Å². The summed E-state index contributed by atoms with van der Waals surface area (Å²) in [6.45, 7) is 0.650. The number of benzene rings is 1. The normalized spacial score (nSPS) is 13.5. The molecule has 0 unspecified atom stereocenters. The lowest BCUT2D eigenvalue weighted by atomic mass is 10.2. The van der Waals surface area contributed by atoms with Gasteiger partial charge >= 0.3 is 0 Å². The Morgan fingerprint density at radius 2 is 1.95 bits per heavy atom. The number of nitrogens with zero attached hydrogens (tertiary/aromatic N) is 2. The van der Waals surface area contributed by atoms with E-state index >= 15 is 0 Å². The lowest BCUT2D eigenvalue weighted by Gasteiger charge is -2.10. The van der Waals surface area contributed by atoms with Crippen molar-refractivity contribution in [2.75, 3.05) is 12.3 Å². The Morgan fingerprint density at radius 3 is 2.62 bits per heavy atom. The minimum atomic E-state index is 0.410. The van der Waals surface area contributed by atoms with E-state index < -0.39 is 0 Å². The van der Waals surface area contributed by atoms with Crippen molar-refractivity contribution in [1.29, 1.82) is 5.26 Å². The van der Waals surface area contributed by atoms with Gasteiger partial charge in [0.15, 0.2) is 0 Å². The van der Waals surface area contributed by atoms with Gasteiger partial charge in [0, 0.05) is 6.07 Å². The highest BCUT2D eigenvalue weighted by Crippen LogP contribution is 2.31. The molecule has 1 aromatic heterocycles. The van der Waals surface area contributed by atoms with E-state index in [0.717, 1.165) is 0 Å². The van der Waals surface area contributed by atoms with Crippen LogP contribution in [0.1, 0.15) is 18.4 Å². The summed E-state index contributed by atoms with van der Waals surface area (Å²) in [5, 5.41) is 8.76. The topological polar surface area (TPSA) is 81.2 Å². The van der Waals surface area contributed by atoms with Crippen LogP contribution < -0.4 is 15.2 Å². The number of ether oxygens (including phenoxy) is 2. The lowest BCUT2D eigenvalue weighted by molar-refractivity contribution is 0.286. The Labute approximate surface area is 122 Å². The van der Waals surface area contributed by atoms with Crippen molar-refractivity contribution in [3.63, 3.8) is 0 Å². The first-order valence-corrected chi connectivity index (χ1v) is 6.82. The van der Waals surface area contributed by atoms with E-state index in [1.54, 1.807) is 36.4 Å². The molecule has 0 radical (unpaired) electrons. The Balaban J connectivity index is 1.71. The molecule has 1 aliphatic carbocycles. The summed E-state index contributed by atoms with van der Waals surface area (Å²) in [5.41, 5.74) is 6.94. The van der Waals surface area contributed by atoms with Crippen LogP contribution in [0.5, 0.6) is 17.5 Å². The van der Waals surface area contributed by atoms with Crippen LogP contribution in [-0.4, -0.2) is 11.6 Å². The van der Waals surface area contributed by atoms with Crippen molar-refractivity contribution in [1.82, 2.24) is 4.98 Å². The maximum absolute atomic E-state index is 8.76. The molecule has 1 heterocycles. The highest BCUT2D eigenvalue weighted by Gasteiger charge is 2.22. The van der Waals surface area contributed by atoms with Crippen LogP contribution >= 0.6 is 0 Å². The summed E-state index contributed by atoms with van der Waals surface area (Å²) >= 11 is 0. The van der Waals surface area contributed by atoms with Crippen molar-refractivity contribution in [3.8, 4) is 23.6 Å². The molecule has 1 aromatic carbocycles. The van der Waals surface area contributed by atoms with Gasteiger partial charge in [-0.2, -0.15) is 10.2 Å². The van der Waals surface area contributed by atoms with Crippen LogP contribution in [0, 0.1) is 17.2 Å². The number of pyridine rings is 1. The molecule has 0 atom stereocenters. The Hall–Kier alpha value is -2.74. The molecule has 3 rings (SSSR count). The van der Waals surface area contributed by atoms with Gasteiger partial charge in [0.25, 0.3) is 0 Å². The number of hydrogen-bond donors (Lipinski definition) is 1. The Morgan fingerprint density at radius 1 is 1.19 bits per heavy atom. The summed E-state index contributed by atoms with van der Waals surface area (Å²) in [4.78, 5) is 4.28. The van der Waals surface area contributed by atoms with Gasteiger partial charge in [-0.15, -0.1) is 0 Å². The van der Waals surface area contributed by atoms with E-state index in [0.29, 0.717) is 41.3 Å². The molecule has 1 aliphatic rings. The molecule has 0 aliphatic heterocycles. The summed E-state index contributed by atoms with van der Waals surface area (Å²) < 4.78 is 11.3. The van der Waals surface area contributed by atoms with E-state index in [2.05, 4.69) is 11.1 Å². The highest BCUT2D eigenvalue weighted by atomic mass is 16.5. The molecule has 106 valence electrons. The van der Waals surface area contributed by atoms with Gasteiger partial charge in [0.1, 0.15) is 5.75 Å². The van der Waals surface area contributed by atoms with Crippen LogP contribution in [-0.2, 0) is 0 Å². The van der Waals surface area contributed by atoms with Crippen LogP contribution in [0.15, 0.2) is 36.4 Å². The first kappa shape index (κ1) is 13.3. The van der Waals surface area contributed by atoms with Gasteiger partial charge in [-0.3, -0.25) is 0 Å². The average molecular weight is 281 g/mol. The third-order valence-corrected chi connectivity index (χ3v) is 3.22. The monoisotopic (exact) mass is 281 g/mol. The molecule has 0 saturated heterocycles. The van der Waals surface area contributed by atoms with Gasteiger partial charge in [-0.1, -0.05) is 0 Å². The zero-order valence-corrected chi connectivity index (χ0v) is 11.5. The number of hydrogen-bond acceptors (Lipinski definition) is 5. The smallest absolute Gasteiger partial charge is 0.240 e. The summed E-state index contributed by atoms with van der Waals surface area (Å²) in [6.07, 6.45) is 2.42. The first-order chi connectivity index (χ1) is 10.2. The molecule has 1 fully saturated rings. The molecule has 0 bridgehead atoms. The van der Waals surface area contributed by atoms with E-state index in [4.69, 9.17) is 20.5 Å². The number of rotatable bonds is 5. The van der Waals surface area contributed by atoms with Crippen molar-refractivity contribution in [2.45, 2.75) is 12.8 Å². The van der Waals surface area contributed by atoms with Gasteiger partial charge in [0.2, 0.25) is 11.8 Å². The molecule has 1 saturated carbocycles. The Kier molecular flexibility index (Phi) is 3.61. The van der Waals surface area contributed by atoms with Crippen LogP contribution in [0.2, 0.25) is 0 Å². The van der Waals surface area contributed by atoms with Crippen molar-refractivity contribution >= 4 is 5.69 Å². The fourth-order valence-corrected chi connectivity index (χ4v) is 1.81. The molecule has 2 N–H and O–H groups in total. The quantitative estimate of drug-likeness (QED) is 0.910. The van der Waals surface area contributed by atoms with Gasteiger partial charge in [-0.05, 0) is 49.1 Å². The number of nitrogen functional groups attached to an aromatic ring is 1. The average Bonchev–Trinajstić information content (AvgIpc) is 3.33. The van der Waals surface area contributed by atoms with Crippen LogP contribution in [0.4, 0.5) is 5.69 Å². The third kappa shape index (κ3) is 3.42. The highest BCUT2D eigenvalue weighted by molar-refractivity contribution is 5.49. The van der Waals surface area contributed by atoms with Crippen molar-refractivity contribution < 1.29 is 9.47 Å². The Bertz CT molecular complexity index is 673. The molecule has 5 nitrogen and oxygen atoms in total. The largest absolute Gasteiger partial charge is 0.476 e. The fourth-order valence-electron chi connectivity index (χ4n) is 1.81. The number of anilines is 1. The molecule has 0 spiro atoms. The minimum Gasteiger partial charge on any atom is -0.476 e. The molecule has 5 heteroatoms. The number of aromatic nitrogens is 1. The summed E-state index contributed by atoms with van der Waals surface area (Å²) in [5.74, 6) is 2.07. The molecule has 0 amide bonds. The summed E-state index contributed by atoms with van der Waals surface area (Å²) in [7, 11) is 0. The predicted octanol–water partition coefficient (Wildman–Crippen LogP) is 3.12. The van der Waals surface area contributed by atoms with Crippen LogP contribution in [0.25, 0.3) is 0 Å². The molecule has 2 aromatic rings. The van der Waals surface area contributed by atoms with E-state index in [1.807, 2.05) is 0 Å². The van der Waals surface area contributed by atoms with Gasteiger partial charge in [-0.25, -0.2) is 0 Å². The van der Waals surface area contributed by atoms with E-state index in [1.165, 1.54) is 12.8 Å². The molecular weight excluding hydrogens is 266 g/mol. The molecular formula is C16H15N3O2. The zero-order chi connectivity index (χ0) is 14.7. The fraction of sp³-hybridized carbons (Fsp3) is 0.250. The lowest BCUT2D eigenvalue weighted by Crippen LogP contribution is -2.04. The second-order valence-electron chi connectivity index (χ2n) is 5.04. The maximum atomic E-state index is 8.76. The first-order valence-electron chi connectivity index (χ1n) is 6.82. The van der Waals surface area contributed by atoms with E-state index in [9.17, 15) is 0 Å². The van der Waals surface area contributed by atoms with Gasteiger partial charge in [0.05, 0.1) is 23.9 Å².